The Morgan fingerprint density at radius 1 is 1.37 bits per heavy atom. The first-order valence-electron chi connectivity index (χ1n) is 7.76. The van der Waals surface area contributed by atoms with Crippen molar-refractivity contribution in [1.82, 2.24) is 10.2 Å². The maximum Gasteiger partial charge on any atom is 0.237 e. The Morgan fingerprint density at radius 3 is 2.47 bits per heavy atom. The predicted molar refractivity (Wildman–Crippen MR) is 80.0 cm³/mol. The fourth-order valence-electron chi connectivity index (χ4n) is 3.03. The van der Waals surface area contributed by atoms with Crippen molar-refractivity contribution in [2.75, 3.05) is 20.1 Å². The second-order valence-electron chi connectivity index (χ2n) is 5.97. The molecule has 112 valence electrons. The van der Waals surface area contributed by atoms with Gasteiger partial charge in [0.05, 0.1) is 5.54 Å². The van der Waals surface area contributed by atoms with E-state index in [1.165, 1.54) is 25.7 Å². The maximum absolute atomic E-state index is 11.4. The van der Waals surface area contributed by atoms with Crippen LogP contribution in [0.15, 0.2) is 0 Å². The van der Waals surface area contributed by atoms with Gasteiger partial charge in [-0.05, 0) is 59.2 Å². The summed E-state index contributed by atoms with van der Waals surface area (Å²) in [7, 11) is 1.81. The van der Waals surface area contributed by atoms with Crippen LogP contribution in [0.4, 0.5) is 0 Å². The van der Waals surface area contributed by atoms with E-state index in [2.05, 4.69) is 17.1 Å². The minimum atomic E-state index is -0.551. The topological polar surface area (TPSA) is 58.4 Å². The van der Waals surface area contributed by atoms with E-state index in [0.29, 0.717) is 0 Å². The number of likely N-dealkylation sites (N-methyl/N-ethyl adjacent to an activating group) is 1. The average molecular weight is 269 g/mol. The van der Waals surface area contributed by atoms with E-state index in [-0.39, 0.29) is 5.91 Å². The summed E-state index contributed by atoms with van der Waals surface area (Å²) < 4.78 is 0. The zero-order chi connectivity index (χ0) is 14.3. The number of rotatable bonds is 9. The molecule has 4 heteroatoms. The molecule has 1 rings (SSSR count). The summed E-state index contributed by atoms with van der Waals surface area (Å²) in [5.41, 5.74) is 4.89. The van der Waals surface area contributed by atoms with Crippen molar-refractivity contribution in [2.24, 2.45) is 5.73 Å². The smallest absolute Gasteiger partial charge is 0.237 e. The molecule has 3 N–H and O–H groups in total. The molecule has 1 saturated carbocycles. The summed E-state index contributed by atoms with van der Waals surface area (Å²) in [4.78, 5) is 14.0. The normalized spacial score (nSPS) is 19.8. The third-order valence-electron chi connectivity index (χ3n) is 4.71. The molecule has 1 unspecified atom stereocenters. The van der Waals surface area contributed by atoms with Crippen molar-refractivity contribution in [3.8, 4) is 0 Å². The third kappa shape index (κ3) is 4.77. The van der Waals surface area contributed by atoms with Gasteiger partial charge in [0.25, 0.3) is 0 Å². The van der Waals surface area contributed by atoms with Gasteiger partial charge in [0, 0.05) is 6.04 Å². The fraction of sp³-hybridized carbons (Fsp3) is 0.933. The molecule has 0 heterocycles. The van der Waals surface area contributed by atoms with Crippen LogP contribution in [0, 0.1) is 0 Å². The predicted octanol–water partition coefficient (Wildman–Crippen LogP) is 1.88. The van der Waals surface area contributed by atoms with Gasteiger partial charge in [0.1, 0.15) is 0 Å². The summed E-state index contributed by atoms with van der Waals surface area (Å²) in [6.07, 6.45) is 8.52. The number of carbonyl (C=O) groups is 1. The number of nitrogens with one attached hydrogen (secondary N) is 1. The number of amides is 1. The summed E-state index contributed by atoms with van der Waals surface area (Å²) in [6.45, 7) is 6.44. The lowest BCUT2D eigenvalue weighted by molar-refractivity contribution is -0.123. The highest BCUT2D eigenvalue weighted by Crippen LogP contribution is 2.24. The first kappa shape index (κ1) is 16.4. The van der Waals surface area contributed by atoms with Gasteiger partial charge in [0.2, 0.25) is 5.91 Å². The molecule has 0 aromatic heterocycles. The van der Waals surface area contributed by atoms with Gasteiger partial charge in [-0.1, -0.05) is 19.8 Å². The Hall–Kier alpha value is -0.610. The second-order valence-corrected chi connectivity index (χ2v) is 5.97. The summed E-state index contributed by atoms with van der Waals surface area (Å²) >= 11 is 0. The lowest BCUT2D eigenvalue weighted by Gasteiger charge is -2.29. The van der Waals surface area contributed by atoms with E-state index in [0.717, 1.165) is 38.4 Å². The Labute approximate surface area is 118 Å². The molecule has 4 nitrogen and oxygen atoms in total. The number of hydrogen-bond donors (Lipinski definition) is 2. The number of unbranched alkanes of at least 4 members (excludes halogenated alkanes) is 1. The quantitative estimate of drug-likeness (QED) is 0.628. The molecule has 0 aromatic rings. The molecule has 0 spiro atoms. The van der Waals surface area contributed by atoms with E-state index in [4.69, 9.17) is 5.73 Å². The van der Waals surface area contributed by atoms with Gasteiger partial charge in [-0.2, -0.15) is 0 Å². The van der Waals surface area contributed by atoms with E-state index in [1.807, 2.05) is 14.0 Å². The molecule has 19 heavy (non-hydrogen) atoms. The average Bonchev–Trinajstić information content (AvgIpc) is 2.92. The molecule has 0 saturated heterocycles. The molecule has 0 radical (unpaired) electrons. The molecular formula is C15H31N3O. The van der Waals surface area contributed by atoms with Crippen molar-refractivity contribution in [3.63, 3.8) is 0 Å². The van der Waals surface area contributed by atoms with E-state index < -0.39 is 5.54 Å². The lowest BCUT2D eigenvalue weighted by atomic mass is 9.94. The van der Waals surface area contributed by atoms with Crippen molar-refractivity contribution >= 4 is 5.91 Å². The van der Waals surface area contributed by atoms with Gasteiger partial charge >= 0.3 is 0 Å². The highest BCUT2D eigenvalue weighted by Gasteiger charge is 2.28. The van der Waals surface area contributed by atoms with Crippen LogP contribution in [0.5, 0.6) is 0 Å². The standard InChI is InChI=1S/C15H31N3O/c1-4-18(13-9-5-6-10-13)12-8-7-11-15(2,17-3)14(16)19/h13,17H,4-12H2,1-3H3,(H2,16,19). The van der Waals surface area contributed by atoms with Crippen LogP contribution in [-0.4, -0.2) is 42.5 Å². The Balaban J connectivity index is 2.26. The SMILES string of the molecule is CCN(CCCCC(C)(NC)C(N)=O)C1CCCC1. The number of nitrogens with zero attached hydrogens (tertiary/aromatic N) is 1. The third-order valence-corrected chi connectivity index (χ3v) is 4.71. The molecule has 1 aliphatic rings. The van der Waals surface area contributed by atoms with Crippen LogP contribution in [0.3, 0.4) is 0 Å². The highest BCUT2D eigenvalue weighted by molar-refractivity contribution is 5.84. The van der Waals surface area contributed by atoms with Crippen molar-refractivity contribution in [2.45, 2.75) is 70.4 Å². The summed E-state index contributed by atoms with van der Waals surface area (Å²) in [5, 5.41) is 3.05. The van der Waals surface area contributed by atoms with Crippen LogP contribution in [-0.2, 0) is 4.79 Å². The zero-order valence-electron chi connectivity index (χ0n) is 12.9. The van der Waals surface area contributed by atoms with Crippen LogP contribution < -0.4 is 11.1 Å². The Morgan fingerprint density at radius 2 is 2.00 bits per heavy atom. The van der Waals surface area contributed by atoms with Gasteiger partial charge in [0.15, 0.2) is 0 Å². The van der Waals surface area contributed by atoms with E-state index in [1.54, 1.807) is 0 Å². The van der Waals surface area contributed by atoms with Crippen LogP contribution in [0.25, 0.3) is 0 Å². The zero-order valence-corrected chi connectivity index (χ0v) is 12.9. The highest BCUT2D eigenvalue weighted by atomic mass is 16.1. The summed E-state index contributed by atoms with van der Waals surface area (Å²) in [5.74, 6) is -0.252. The van der Waals surface area contributed by atoms with E-state index >= 15 is 0 Å². The molecule has 0 bridgehead atoms. The first-order valence-corrected chi connectivity index (χ1v) is 7.76. The fourth-order valence-corrected chi connectivity index (χ4v) is 3.03. The molecule has 1 aliphatic carbocycles. The minimum absolute atomic E-state index is 0.252. The van der Waals surface area contributed by atoms with E-state index in [9.17, 15) is 4.79 Å². The molecule has 0 aromatic carbocycles. The molecular weight excluding hydrogens is 238 g/mol. The van der Waals surface area contributed by atoms with Crippen LogP contribution in [0.2, 0.25) is 0 Å². The van der Waals surface area contributed by atoms with Gasteiger partial charge in [-0.15, -0.1) is 0 Å². The molecule has 1 fully saturated rings. The van der Waals surface area contributed by atoms with Crippen molar-refractivity contribution < 1.29 is 4.79 Å². The number of primary amides is 1. The molecule has 1 atom stereocenters. The Kier molecular flexibility index (Phi) is 6.80. The number of hydrogen-bond acceptors (Lipinski definition) is 3. The monoisotopic (exact) mass is 269 g/mol. The molecule has 1 amide bonds. The summed E-state index contributed by atoms with van der Waals surface area (Å²) in [6, 6.07) is 0.803. The van der Waals surface area contributed by atoms with Gasteiger partial charge in [-0.25, -0.2) is 0 Å². The molecule has 0 aliphatic heterocycles. The van der Waals surface area contributed by atoms with Crippen molar-refractivity contribution in [3.05, 3.63) is 0 Å². The van der Waals surface area contributed by atoms with Crippen LogP contribution in [0.1, 0.15) is 58.8 Å². The van der Waals surface area contributed by atoms with Crippen molar-refractivity contribution in [1.29, 1.82) is 0 Å². The van der Waals surface area contributed by atoms with Crippen LogP contribution >= 0.6 is 0 Å². The second kappa shape index (κ2) is 7.85. The van der Waals surface area contributed by atoms with Gasteiger partial charge < -0.3 is 16.0 Å². The lowest BCUT2D eigenvalue weighted by Crippen LogP contribution is -2.51. The van der Waals surface area contributed by atoms with Gasteiger partial charge in [-0.3, -0.25) is 4.79 Å². The number of carbonyl (C=O) groups excluding carboxylic acids is 1. The maximum atomic E-state index is 11.4. The number of nitrogens with two attached hydrogens (primary N) is 1. The largest absolute Gasteiger partial charge is 0.368 e. The minimum Gasteiger partial charge on any atom is -0.368 e. The first-order chi connectivity index (χ1) is 9.03. The Bertz CT molecular complexity index is 277.